The molecule has 0 spiro atoms. The number of aliphatic imine (C=N–C) groups is 1. The van der Waals surface area contributed by atoms with Crippen LogP contribution in [0.2, 0.25) is 0 Å². The summed E-state index contributed by atoms with van der Waals surface area (Å²) in [4.78, 5) is 15.8. The van der Waals surface area contributed by atoms with Crippen LogP contribution in [0.4, 0.5) is 0 Å². The molecule has 1 aromatic carbocycles. The standard InChI is InChI=1S/C15H24N4OS.HI/c1-16-15(18-10-11-21-2)17-9-8-14(20)19-12-13-6-4-3-5-7-13;/h3-7H,8-12H2,1-2H3,(H,19,20)(H2,16,17,18);1H. The number of rotatable bonds is 8. The third kappa shape index (κ3) is 9.88. The molecule has 0 unspecified atom stereocenters. The highest BCUT2D eigenvalue weighted by Gasteiger charge is 2.02. The summed E-state index contributed by atoms with van der Waals surface area (Å²) in [6, 6.07) is 9.89. The largest absolute Gasteiger partial charge is 0.356 e. The SMILES string of the molecule is CN=C(NCCSC)NCCC(=O)NCc1ccccc1.I. The van der Waals surface area contributed by atoms with Crippen molar-refractivity contribution in [3.63, 3.8) is 0 Å². The number of carbonyl (C=O) groups is 1. The lowest BCUT2D eigenvalue weighted by Gasteiger charge is -2.11. The highest BCUT2D eigenvalue weighted by atomic mass is 127. The Hall–Kier alpha value is -0.960. The van der Waals surface area contributed by atoms with E-state index in [2.05, 4.69) is 27.2 Å². The molecule has 5 nitrogen and oxygen atoms in total. The van der Waals surface area contributed by atoms with Crippen molar-refractivity contribution in [2.75, 3.05) is 32.1 Å². The maximum absolute atomic E-state index is 11.7. The molecule has 0 fully saturated rings. The van der Waals surface area contributed by atoms with Crippen LogP contribution in [0.3, 0.4) is 0 Å². The Labute approximate surface area is 154 Å². The number of nitrogens with one attached hydrogen (secondary N) is 3. The number of hydrogen-bond acceptors (Lipinski definition) is 3. The van der Waals surface area contributed by atoms with E-state index in [4.69, 9.17) is 0 Å². The summed E-state index contributed by atoms with van der Waals surface area (Å²) < 4.78 is 0. The molecule has 1 rings (SSSR count). The first kappa shape index (κ1) is 21.0. The van der Waals surface area contributed by atoms with Crippen LogP contribution in [-0.2, 0) is 11.3 Å². The monoisotopic (exact) mass is 436 g/mol. The van der Waals surface area contributed by atoms with Crippen molar-refractivity contribution in [2.24, 2.45) is 4.99 Å². The molecule has 0 aliphatic rings. The Morgan fingerprint density at radius 1 is 1.14 bits per heavy atom. The molecule has 0 heterocycles. The molecule has 1 aromatic rings. The minimum atomic E-state index is 0. The second-order valence-electron chi connectivity index (χ2n) is 4.43. The highest BCUT2D eigenvalue weighted by molar-refractivity contribution is 14.0. The smallest absolute Gasteiger partial charge is 0.222 e. The lowest BCUT2D eigenvalue weighted by Crippen LogP contribution is -2.40. The molecule has 0 saturated heterocycles. The molecule has 0 saturated carbocycles. The number of thioether (sulfide) groups is 1. The van der Waals surface area contributed by atoms with E-state index >= 15 is 0 Å². The predicted molar refractivity (Wildman–Crippen MR) is 106 cm³/mol. The Morgan fingerprint density at radius 3 is 2.45 bits per heavy atom. The zero-order chi connectivity index (χ0) is 15.3. The maximum Gasteiger partial charge on any atom is 0.222 e. The molecule has 0 aliphatic carbocycles. The summed E-state index contributed by atoms with van der Waals surface area (Å²) >= 11 is 1.78. The summed E-state index contributed by atoms with van der Waals surface area (Å²) in [5.41, 5.74) is 1.10. The quantitative estimate of drug-likeness (QED) is 0.252. The van der Waals surface area contributed by atoms with Gasteiger partial charge in [0.05, 0.1) is 0 Å². The van der Waals surface area contributed by atoms with Crippen LogP contribution in [0.1, 0.15) is 12.0 Å². The second kappa shape index (κ2) is 13.7. The number of guanidine groups is 1. The molecular formula is C15H25IN4OS. The Morgan fingerprint density at radius 2 is 1.82 bits per heavy atom. The van der Waals surface area contributed by atoms with E-state index in [-0.39, 0.29) is 29.9 Å². The van der Waals surface area contributed by atoms with Gasteiger partial charge in [0, 0.05) is 38.9 Å². The number of carbonyl (C=O) groups excluding carboxylic acids is 1. The Balaban J connectivity index is 0.00000441. The molecule has 3 N–H and O–H groups in total. The fraction of sp³-hybridized carbons (Fsp3) is 0.467. The van der Waals surface area contributed by atoms with Crippen molar-refractivity contribution in [2.45, 2.75) is 13.0 Å². The van der Waals surface area contributed by atoms with Gasteiger partial charge in [-0.1, -0.05) is 30.3 Å². The van der Waals surface area contributed by atoms with Crippen molar-refractivity contribution in [1.29, 1.82) is 0 Å². The molecule has 0 atom stereocenters. The molecule has 124 valence electrons. The minimum Gasteiger partial charge on any atom is -0.356 e. The first-order valence-electron chi connectivity index (χ1n) is 7.00. The second-order valence-corrected chi connectivity index (χ2v) is 5.42. The highest BCUT2D eigenvalue weighted by Crippen LogP contribution is 1.97. The van der Waals surface area contributed by atoms with E-state index in [1.165, 1.54) is 0 Å². The van der Waals surface area contributed by atoms with Gasteiger partial charge in [-0.05, 0) is 11.8 Å². The van der Waals surface area contributed by atoms with Crippen molar-refractivity contribution >= 4 is 47.6 Å². The molecule has 7 heteroatoms. The molecule has 0 bridgehead atoms. The van der Waals surface area contributed by atoms with Crippen LogP contribution in [0, 0.1) is 0 Å². The maximum atomic E-state index is 11.7. The topological polar surface area (TPSA) is 65.5 Å². The van der Waals surface area contributed by atoms with E-state index in [0.717, 1.165) is 23.8 Å². The number of amides is 1. The summed E-state index contributed by atoms with van der Waals surface area (Å²) in [5, 5.41) is 9.21. The first-order valence-corrected chi connectivity index (χ1v) is 8.39. The summed E-state index contributed by atoms with van der Waals surface area (Å²) in [7, 11) is 1.73. The van der Waals surface area contributed by atoms with Crippen molar-refractivity contribution < 1.29 is 4.79 Å². The molecule has 1 amide bonds. The van der Waals surface area contributed by atoms with Crippen LogP contribution >= 0.6 is 35.7 Å². The minimum absolute atomic E-state index is 0. The van der Waals surface area contributed by atoms with Crippen LogP contribution in [0.5, 0.6) is 0 Å². The van der Waals surface area contributed by atoms with E-state index in [9.17, 15) is 4.79 Å². The van der Waals surface area contributed by atoms with Gasteiger partial charge in [0.15, 0.2) is 5.96 Å². The number of nitrogens with zero attached hydrogens (tertiary/aromatic N) is 1. The fourth-order valence-electron chi connectivity index (χ4n) is 1.67. The predicted octanol–water partition coefficient (Wildman–Crippen LogP) is 1.84. The van der Waals surface area contributed by atoms with Crippen LogP contribution < -0.4 is 16.0 Å². The fourth-order valence-corrected chi connectivity index (χ4v) is 1.98. The van der Waals surface area contributed by atoms with Gasteiger partial charge in [0.25, 0.3) is 0 Å². The van der Waals surface area contributed by atoms with Crippen LogP contribution in [0.15, 0.2) is 35.3 Å². The third-order valence-corrected chi connectivity index (χ3v) is 3.41. The van der Waals surface area contributed by atoms with Gasteiger partial charge in [-0.25, -0.2) is 0 Å². The van der Waals surface area contributed by atoms with Crippen LogP contribution in [-0.4, -0.2) is 44.0 Å². The lowest BCUT2D eigenvalue weighted by molar-refractivity contribution is -0.121. The van der Waals surface area contributed by atoms with Gasteiger partial charge in [0.1, 0.15) is 0 Å². The average Bonchev–Trinajstić information content (AvgIpc) is 2.52. The first-order chi connectivity index (χ1) is 10.3. The summed E-state index contributed by atoms with van der Waals surface area (Å²) in [5.74, 6) is 1.80. The molecular weight excluding hydrogens is 411 g/mol. The number of hydrogen-bond donors (Lipinski definition) is 3. The average molecular weight is 436 g/mol. The zero-order valence-corrected chi connectivity index (χ0v) is 16.2. The Bertz CT molecular complexity index is 442. The number of halogens is 1. The molecule has 0 aromatic heterocycles. The number of benzene rings is 1. The zero-order valence-electron chi connectivity index (χ0n) is 13.1. The lowest BCUT2D eigenvalue weighted by atomic mass is 10.2. The van der Waals surface area contributed by atoms with Crippen LogP contribution in [0.25, 0.3) is 0 Å². The third-order valence-electron chi connectivity index (χ3n) is 2.80. The van der Waals surface area contributed by atoms with Gasteiger partial charge in [-0.2, -0.15) is 11.8 Å². The van der Waals surface area contributed by atoms with E-state index < -0.39 is 0 Å². The van der Waals surface area contributed by atoms with E-state index in [1.54, 1.807) is 18.8 Å². The summed E-state index contributed by atoms with van der Waals surface area (Å²) in [6.07, 6.45) is 2.49. The molecule has 0 radical (unpaired) electrons. The van der Waals surface area contributed by atoms with E-state index in [0.29, 0.717) is 19.5 Å². The van der Waals surface area contributed by atoms with Gasteiger partial charge in [-0.3, -0.25) is 9.79 Å². The van der Waals surface area contributed by atoms with Gasteiger partial charge >= 0.3 is 0 Å². The van der Waals surface area contributed by atoms with Gasteiger partial charge in [0.2, 0.25) is 5.91 Å². The van der Waals surface area contributed by atoms with Gasteiger partial charge in [-0.15, -0.1) is 24.0 Å². The normalized spacial score (nSPS) is 10.5. The van der Waals surface area contributed by atoms with Crippen molar-refractivity contribution in [3.8, 4) is 0 Å². The molecule has 22 heavy (non-hydrogen) atoms. The van der Waals surface area contributed by atoms with Crippen molar-refractivity contribution in [3.05, 3.63) is 35.9 Å². The van der Waals surface area contributed by atoms with E-state index in [1.807, 2.05) is 30.3 Å². The van der Waals surface area contributed by atoms with Gasteiger partial charge < -0.3 is 16.0 Å². The molecule has 0 aliphatic heterocycles. The Kier molecular flexibility index (Phi) is 13.1. The van der Waals surface area contributed by atoms with Crippen molar-refractivity contribution in [1.82, 2.24) is 16.0 Å². The summed E-state index contributed by atoms with van der Waals surface area (Å²) in [6.45, 7) is 2.00.